The van der Waals surface area contributed by atoms with E-state index >= 15 is 0 Å². The second-order valence-corrected chi connectivity index (χ2v) is 3.68. The van der Waals surface area contributed by atoms with Crippen molar-refractivity contribution < 1.29 is 13.2 Å². The highest BCUT2D eigenvalue weighted by atomic mass is 19.4. The summed E-state index contributed by atoms with van der Waals surface area (Å²) in [6.45, 7) is 1.78. The lowest BCUT2D eigenvalue weighted by Crippen LogP contribution is -2.05. The molecule has 1 heterocycles. The molecule has 0 radical (unpaired) electrons. The lowest BCUT2D eigenvalue weighted by atomic mass is 10.1. The van der Waals surface area contributed by atoms with Crippen LogP contribution in [-0.2, 0) is 6.18 Å². The number of para-hydroxylation sites is 1. The number of aromatic nitrogens is 2. The Kier molecular flexibility index (Phi) is 2.57. The molecule has 0 spiro atoms. The Morgan fingerprint density at radius 3 is 2.53 bits per heavy atom. The second kappa shape index (κ2) is 3.80. The van der Waals surface area contributed by atoms with E-state index < -0.39 is 11.9 Å². The largest absolute Gasteiger partial charge is 0.434 e. The summed E-state index contributed by atoms with van der Waals surface area (Å²) < 4.78 is 38.5. The summed E-state index contributed by atoms with van der Waals surface area (Å²) in [4.78, 5) is 3.33. The number of benzene rings is 1. The van der Waals surface area contributed by atoms with Gasteiger partial charge in [0.15, 0.2) is 5.69 Å². The maximum atomic E-state index is 12.4. The number of halogens is 3. The number of nitrogen functional groups attached to an aromatic ring is 1. The van der Waals surface area contributed by atoms with Crippen LogP contribution in [0, 0.1) is 6.92 Å². The Bertz CT molecular complexity index is 523. The summed E-state index contributed by atoms with van der Waals surface area (Å²) in [6, 6.07) is 5.16. The van der Waals surface area contributed by atoms with Crippen LogP contribution < -0.4 is 5.73 Å². The Morgan fingerprint density at radius 2 is 2.00 bits per heavy atom. The molecule has 0 amide bonds. The first-order valence-corrected chi connectivity index (χ1v) is 4.86. The zero-order valence-corrected chi connectivity index (χ0v) is 8.99. The smallest absolute Gasteiger partial charge is 0.397 e. The Balaban J connectivity index is 2.51. The molecule has 0 atom stereocenters. The maximum Gasteiger partial charge on any atom is 0.434 e. The number of imidazole rings is 1. The Hall–Kier alpha value is -1.98. The van der Waals surface area contributed by atoms with Gasteiger partial charge in [-0.1, -0.05) is 12.1 Å². The zero-order chi connectivity index (χ0) is 12.6. The molecule has 0 aliphatic heterocycles. The van der Waals surface area contributed by atoms with Crippen LogP contribution >= 0.6 is 0 Å². The van der Waals surface area contributed by atoms with Crippen LogP contribution in [0.2, 0.25) is 0 Å². The molecule has 0 fully saturated rings. The average molecular weight is 241 g/mol. The van der Waals surface area contributed by atoms with Crippen LogP contribution in [-0.4, -0.2) is 9.55 Å². The fourth-order valence-electron chi connectivity index (χ4n) is 1.63. The highest BCUT2D eigenvalue weighted by Gasteiger charge is 2.33. The molecule has 17 heavy (non-hydrogen) atoms. The molecule has 3 nitrogen and oxygen atoms in total. The van der Waals surface area contributed by atoms with Crippen LogP contribution in [0.3, 0.4) is 0 Å². The first-order valence-electron chi connectivity index (χ1n) is 4.86. The first-order chi connectivity index (χ1) is 7.89. The lowest BCUT2D eigenvalue weighted by molar-refractivity contribution is -0.140. The van der Waals surface area contributed by atoms with Crippen molar-refractivity contribution in [3.63, 3.8) is 0 Å². The molecular formula is C11H10F3N3. The normalized spacial score (nSPS) is 11.8. The van der Waals surface area contributed by atoms with E-state index in [1.165, 1.54) is 4.57 Å². The van der Waals surface area contributed by atoms with Gasteiger partial charge in [-0.2, -0.15) is 13.2 Å². The molecule has 6 heteroatoms. The summed E-state index contributed by atoms with van der Waals surface area (Å²) in [5.74, 6) is 0. The van der Waals surface area contributed by atoms with Crippen molar-refractivity contribution in [1.29, 1.82) is 0 Å². The molecule has 0 aliphatic rings. The van der Waals surface area contributed by atoms with Crippen molar-refractivity contribution >= 4 is 5.69 Å². The van der Waals surface area contributed by atoms with Crippen molar-refractivity contribution in [2.75, 3.05) is 5.73 Å². The number of rotatable bonds is 1. The van der Waals surface area contributed by atoms with E-state index in [4.69, 9.17) is 5.73 Å². The summed E-state index contributed by atoms with van der Waals surface area (Å²) in [6.07, 6.45) is -2.40. The highest BCUT2D eigenvalue weighted by molar-refractivity contribution is 5.61. The quantitative estimate of drug-likeness (QED) is 0.780. The van der Waals surface area contributed by atoms with Crippen LogP contribution in [0.4, 0.5) is 18.9 Å². The molecule has 0 aliphatic carbocycles. The van der Waals surface area contributed by atoms with Gasteiger partial charge in [-0.25, -0.2) is 4.98 Å². The van der Waals surface area contributed by atoms with Crippen molar-refractivity contribution in [2.45, 2.75) is 13.1 Å². The second-order valence-electron chi connectivity index (χ2n) is 3.68. The van der Waals surface area contributed by atoms with E-state index in [0.29, 0.717) is 11.4 Å². The average Bonchev–Trinajstić information content (AvgIpc) is 2.65. The molecule has 0 bridgehead atoms. The predicted octanol–water partition coefficient (Wildman–Crippen LogP) is 2.78. The molecular weight excluding hydrogens is 231 g/mol. The molecule has 1 aromatic heterocycles. The van der Waals surface area contributed by atoms with Gasteiger partial charge in [-0.15, -0.1) is 0 Å². The maximum absolute atomic E-state index is 12.4. The third-order valence-electron chi connectivity index (χ3n) is 2.40. The van der Waals surface area contributed by atoms with Gasteiger partial charge in [0.2, 0.25) is 0 Å². The highest BCUT2D eigenvalue weighted by Crippen LogP contribution is 2.29. The van der Waals surface area contributed by atoms with Gasteiger partial charge in [0.1, 0.15) is 0 Å². The van der Waals surface area contributed by atoms with Crippen molar-refractivity contribution in [3.8, 4) is 5.69 Å². The van der Waals surface area contributed by atoms with Gasteiger partial charge in [-0.05, 0) is 18.6 Å². The van der Waals surface area contributed by atoms with E-state index in [9.17, 15) is 13.2 Å². The van der Waals surface area contributed by atoms with Gasteiger partial charge >= 0.3 is 6.18 Å². The van der Waals surface area contributed by atoms with E-state index in [2.05, 4.69) is 4.98 Å². The Labute approximate surface area is 95.7 Å². The topological polar surface area (TPSA) is 43.8 Å². The minimum absolute atomic E-state index is 0.413. The number of anilines is 1. The fourth-order valence-corrected chi connectivity index (χ4v) is 1.63. The van der Waals surface area contributed by atoms with E-state index in [0.717, 1.165) is 18.1 Å². The van der Waals surface area contributed by atoms with Crippen LogP contribution in [0.15, 0.2) is 30.7 Å². The summed E-state index contributed by atoms with van der Waals surface area (Å²) in [5, 5.41) is 0. The number of aryl methyl sites for hydroxylation is 1. The van der Waals surface area contributed by atoms with Crippen molar-refractivity contribution in [2.24, 2.45) is 0 Å². The third kappa shape index (κ3) is 2.11. The van der Waals surface area contributed by atoms with E-state index in [1.807, 2.05) is 0 Å². The number of nitrogens with zero attached hydrogens (tertiary/aromatic N) is 2. The zero-order valence-electron chi connectivity index (χ0n) is 8.99. The van der Waals surface area contributed by atoms with Gasteiger partial charge < -0.3 is 10.3 Å². The van der Waals surface area contributed by atoms with Gasteiger partial charge in [-0.3, -0.25) is 0 Å². The molecule has 1 aromatic carbocycles. The Morgan fingerprint density at radius 1 is 1.29 bits per heavy atom. The number of nitrogens with two attached hydrogens (primary N) is 1. The molecule has 2 aromatic rings. The SMILES string of the molecule is Cc1cccc(N)c1-n1cnc(C(F)(F)F)c1. The van der Waals surface area contributed by atoms with E-state index in [1.54, 1.807) is 25.1 Å². The van der Waals surface area contributed by atoms with Crippen LogP contribution in [0.25, 0.3) is 5.69 Å². The minimum atomic E-state index is -4.44. The molecule has 90 valence electrons. The minimum Gasteiger partial charge on any atom is -0.397 e. The van der Waals surface area contributed by atoms with Crippen LogP contribution in [0.5, 0.6) is 0 Å². The lowest BCUT2D eigenvalue weighted by Gasteiger charge is -2.09. The van der Waals surface area contributed by atoms with Crippen molar-refractivity contribution in [3.05, 3.63) is 42.0 Å². The van der Waals surface area contributed by atoms with Crippen molar-refractivity contribution in [1.82, 2.24) is 9.55 Å². The van der Waals surface area contributed by atoms with E-state index in [-0.39, 0.29) is 0 Å². The molecule has 2 N–H and O–H groups in total. The van der Waals surface area contributed by atoms with Gasteiger partial charge in [0.05, 0.1) is 17.7 Å². The number of hydrogen-bond donors (Lipinski definition) is 1. The van der Waals surface area contributed by atoms with Gasteiger partial charge in [0, 0.05) is 6.20 Å². The fraction of sp³-hybridized carbons (Fsp3) is 0.182. The number of alkyl halides is 3. The monoisotopic (exact) mass is 241 g/mol. The summed E-state index contributed by atoms with van der Waals surface area (Å²) in [5.41, 5.74) is 6.54. The number of hydrogen-bond acceptors (Lipinski definition) is 2. The third-order valence-corrected chi connectivity index (χ3v) is 2.40. The molecule has 2 rings (SSSR count). The standard InChI is InChI=1S/C11H10F3N3/c1-7-3-2-4-8(15)10(7)17-5-9(16-6-17)11(12,13)14/h2-6H,15H2,1H3. The molecule has 0 saturated heterocycles. The molecule has 0 saturated carbocycles. The predicted molar refractivity (Wildman–Crippen MR) is 57.7 cm³/mol. The molecule has 0 unspecified atom stereocenters. The summed E-state index contributed by atoms with van der Waals surface area (Å²) >= 11 is 0. The first kappa shape index (κ1) is 11.5. The summed E-state index contributed by atoms with van der Waals surface area (Å²) in [7, 11) is 0. The van der Waals surface area contributed by atoms with Crippen LogP contribution in [0.1, 0.15) is 11.3 Å². The van der Waals surface area contributed by atoms with Gasteiger partial charge in [0.25, 0.3) is 0 Å².